The summed E-state index contributed by atoms with van der Waals surface area (Å²) in [6.07, 6.45) is 0.767. The van der Waals surface area contributed by atoms with Crippen molar-refractivity contribution < 1.29 is 9.53 Å². The molecule has 3 rings (SSSR count). The maximum atomic E-state index is 12.0. The predicted molar refractivity (Wildman–Crippen MR) is 102 cm³/mol. The average molecular weight is 328 g/mol. The van der Waals surface area contributed by atoms with E-state index >= 15 is 0 Å². The van der Waals surface area contributed by atoms with Gasteiger partial charge in [-0.25, -0.2) is 4.79 Å². The second kappa shape index (κ2) is 7.63. The summed E-state index contributed by atoms with van der Waals surface area (Å²) in [5.74, 6) is 0.154. The van der Waals surface area contributed by atoms with Crippen LogP contribution in [-0.2, 0) is 11.2 Å². The standard InChI is InChI=1S/C23H20O2/c1-17(2)23(24)25-21-15-9-14-20(16-18-10-5-3-6-11-18)22(21)19-12-7-4-8-13-19/h3-15H,1,16H2,2H3. The van der Waals surface area contributed by atoms with Crippen LogP contribution in [0, 0.1) is 0 Å². The monoisotopic (exact) mass is 328 g/mol. The van der Waals surface area contributed by atoms with E-state index in [1.54, 1.807) is 6.92 Å². The van der Waals surface area contributed by atoms with Crippen LogP contribution in [0.4, 0.5) is 0 Å². The SMILES string of the molecule is C=C(C)C(=O)Oc1cccc(Cc2ccccc2)c1-c1ccccc1. The van der Waals surface area contributed by atoms with Crippen molar-refractivity contribution in [1.82, 2.24) is 0 Å². The summed E-state index contributed by atoms with van der Waals surface area (Å²) in [5, 5.41) is 0. The van der Waals surface area contributed by atoms with Gasteiger partial charge in [0.2, 0.25) is 0 Å². The zero-order valence-electron chi connectivity index (χ0n) is 14.2. The van der Waals surface area contributed by atoms with Gasteiger partial charge < -0.3 is 4.74 Å². The number of benzene rings is 3. The highest BCUT2D eigenvalue weighted by molar-refractivity contribution is 5.90. The van der Waals surface area contributed by atoms with Crippen LogP contribution in [0.3, 0.4) is 0 Å². The van der Waals surface area contributed by atoms with E-state index in [-0.39, 0.29) is 0 Å². The molecule has 0 amide bonds. The molecule has 3 aromatic carbocycles. The van der Waals surface area contributed by atoms with E-state index in [0.717, 1.165) is 23.1 Å². The Bertz CT molecular complexity index is 880. The van der Waals surface area contributed by atoms with Gasteiger partial charge in [-0.15, -0.1) is 0 Å². The van der Waals surface area contributed by atoms with Crippen molar-refractivity contribution in [2.45, 2.75) is 13.3 Å². The van der Waals surface area contributed by atoms with Crippen molar-refractivity contribution in [2.24, 2.45) is 0 Å². The quantitative estimate of drug-likeness (QED) is 0.355. The first-order chi connectivity index (χ1) is 12.1. The van der Waals surface area contributed by atoms with Crippen LogP contribution in [0.2, 0.25) is 0 Å². The summed E-state index contributed by atoms with van der Waals surface area (Å²) in [4.78, 5) is 12.0. The van der Waals surface area contributed by atoms with Gasteiger partial charge in [0, 0.05) is 11.1 Å². The van der Waals surface area contributed by atoms with E-state index in [2.05, 4.69) is 24.8 Å². The molecule has 3 aromatic rings. The Kier molecular flexibility index (Phi) is 5.10. The second-order valence-corrected chi connectivity index (χ2v) is 5.99. The fourth-order valence-corrected chi connectivity index (χ4v) is 2.74. The molecule has 0 spiro atoms. The summed E-state index contributed by atoms with van der Waals surface area (Å²) >= 11 is 0. The second-order valence-electron chi connectivity index (χ2n) is 5.99. The van der Waals surface area contributed by atoms with Crippen LogP contribution in [-0.4, -0.2) is 5.97 Å². The molecule has 0 aromatic heterocycles. The molecule has 0 saturated heterocycles. The van der Waals surface area contributed by atoms with Gasteiger partial charge in [-0.3, -0.25) is 0 Å². The first-order valence-corrected chi connectivity index (χ1v) is 8.24. The number of hydrogen-bond donors (Lipinski definition) is 0. The third kappa shape index (κ3) is 4.04. The van der Waals surface area contributed by atoms with Gasteiger partial charge >= 0.3 is 5.97 Å². The molecule has 0 heterocycles. The molecule has 0 unspecified atom stereocenters. The summed E-state index contributed by atoms with van der Waals surface area (Å²) in [5.41, 5.74) is 4.68. The van der Waals surface area contributed by atoms with Crippen molar-refractivity contribution in [3.05, 3.63) is 102 Å². The molecule has 0 radical (unpaired) electrons. The van der Waals surface area contributed by atoms with Crippen LogP contribution in [0.5, 0.6) is 5.75 Å². The third-order valence-corrected chi connectivity index (χ3v) is 3.96. The number of rotatable bonds is 5. The first-order valence-electron chi connectivity index (χ1n) is 8.24. The molecule has 25 heavy (non-hydrogen) atoms. The Labute approximate surface area is 148 Å². The van der Waals surface area contributed by atoms with Crippen molar-refractivity contribution in [3.63, 3.8) is 0 Å². The highest BCUT2D eigenvalue weighted by Crippen LogP contribution is 2.35. The van der Waals surface area contributed by atoms with Gasteiger partial charge in [-0.1, -0.05) is 79.4 Å². The molecular formula is C23H20O2. The van der Waals surface area contributed by atoms with Crippen LogP contribution in [0.1, 0.15) is 18.1 Å². The molecule has 0 bridgehead atoms. The molecular weight excluding hydrogens is 308 g/mol. The highest BCUT2D eigenvalue weighted by Gasteiger charge is 2.15. The summed E-state index contributed by atoms with van der Waals surface area (Å²) in [6.45, 7) is 5.32. The molecule has 2 nitrogen and oxygen atoms in total. The van der Waals surface area contributed by atoms with Gasteiger partial charge in [-0.05, 0) is 36.1 Å². The zero-order chi connectivity index (χ0) is 17.6. The number of carbonyl (C=O) groups excluding carboxylic acids is 1. The lowest BCUT2D eigenvalue weighted by molar-refractivity contribution is -0.130. The van der Waals surface area contributed by atoms with Crippen molar-refractivity contribution in [1.29, 1.82) is 0 Å². The van der Waals surface area contributed by atoms with Gasteiger partial charge in [-0.2, -0.15) is 0 Å². The first kappa shape index (κ1) is 16.7. The number of hydrogen-bond acceptors (Lipinski definition) is 2. The van der Waals surface area contributed by atoms with E-state index in [1.165, 1.54) is 5.56 Å². The van der Waals surface area contributed by atoms with E-state index in [9.17, 15) is 4.79 Å². The Morgan fingerprint density at radius 2 is 1.52 bits per heavy atom. The number of esters is 1. The number of ether oxygens (including phenoxy) is 1. The lowest BCUT2D eigenvalue weighted by Gasteiger charge is -2.15. The van der Waals surface area contributed by atoms with Gasteiger partial charge in [0.15, 0.2) is 0 Å². The molecule has 2 heteroatoms. The minimum atomic E-state index is -0.408. The Morgan fingerprint density at radius 3 is 2.16 bits per heavy atom. The molecule has 0 atom stereocenters. The predicted octanol–water partition coefficient (Wildman–Crippen LogP) is 5.43. The van der Waals surface area contributed by atoms with Crippen molar-refractivity contribution in [3.8, 4) is 16.9 Å². The summed E-state index contributed by atoms with van der Waals surface area (Å²) in [7, 11) is 0. The van der Waals surface area contributed by atoms with Gasteiger partial charge in [0.1, 0.15) is 5.75 Å². The van der Waals surface area contributed by atoms with Gasteiger partial charge in [0.05, 0.1) is 0 Å². The molecule has 0 saturated carbocycles. The molecule has 0 aliphatic rings. The fraction of sp³-hybridized carbons (Fsp3) is 0.0870. The van der Waals surface area contributed by atoms with E-state index < -0.39 is 5.97 Å². The lowest BCUT2D eigenvalue weighted by atomic mass is 9.94. The fourth-order valence-electron chi connectivity index (χ4n) is 2.74. The van der Waals surface area contributed by atoms with Crippen molar-refractivity contribution >= 4 is 5.97 Å². The molecule has 124 valence electrons. The Morgan fingerprint density at radius 1 is 0.880 bits per heavy atom. The molecule has 0 aliphatic heterocycles. The maximum absolute atomic E-state index is 12.0. The highest BCUT2D eigenvalue weighted by atomic mass is 16.5. The van der Waals surface area contributed by atoms with Crippen LogP contribution in [0.25, 0.3) is 11.1 Å². The molecule has 0 N–H and O–H groups in total. The lowest BCUT2D eigenvalue weighted by Crippen LogP contribution is -2.09. The summed E-state index contributed by atoms with van der Waals surface area (Å²) < 4.78 is 5.60. The smallest absolute Gasteiger partial charge is 0.338 e. The number of carbonyl (C=O) groups is 1. The van der Waals surface area contributed by atoms with Crippen molar-refractivity contribution in [2.75, 3.05) is 0 Å². The van der Waals surface area contributed by atoms with Crippen LogP contribution >= 0.6 is 0 Å². The Hall–Kier alpha value is -3.13. The molecule has 0 aliphatic carbocycles. The Balaban J connectivity index is 2.08. The topological polar surface area (TPSA) is 26.3 Å². The van der Waals surface area contributed by atoms with Gasteiger partial charge in [0.25, 0.3) is 0 Å². The van der Waals surface area contributed by atoms with Crippen LogP contribution in [0.15, 0.2) is 91.0 Å². The third-order valence-electron chi connectivity index (χ3n) is 3.96. The minimum Gasteiger partial charge on any atom is -0.423 e. The maximum Gasteiger partial charge on any atom is 0.338 e. The summed E-state index contributed by atoms with van der Waals surface area (Å²) in [6, 6.07) is 26.1. The average Bonchev–Trinajstić information content (AvgIpc) is 2.63. The minimum absolute atomic E-state index is 0.382. The largest absolute Gasteiger partial charge is 0.423 e. The van der Waals surface area contributed by atoms with E-state index in [0.29, 0.717) is 11.3 Å². The van der Waals surface area contributed by atoms with Crippen LogP contribution < -0.4 is 4.74 Å². The van der Waals surface area contributed by atoms with E-state index in [4.69, 9.17) is 4.74 Å². The normalized spacial score (nSPS) is 10.3. The van der Waals surface area contributed by atoms with E-state index in [1.807, 2.05) is 60.7 Å². The molecule has 0 fully saturated rings. The zero-order valence-corrected chi connectivity index (χ0v) is 14.2.